The molecule has 4 fully saturated rings. The summed E-state index contributed by atoms with van der Waals surface area (Å²) in [7, 11) is 1.37. The van der Waals surface area contributed by atoms with Gasteiger partial charge in [-0.25, -0.2) is 4.79 Å². The number of carbonyl (C=O) groups is 2. The number of methoxy groups -OCH3 is 1. The zero-order valence-corrected chi connectivity index (χ0v) is 16.9. The number of ether oxygens (including phenoxy) is 1. The van der Waals surface area contributed by atoms with E-state index in [4.69, 9.17) is 0 Å². The monoisotopic (exact) mass is 382 g/mol. The Kier molecular flexibility index (Phi) is 4.01. The third-order valence-corrected chi connectivity index (χ3v) is 7.96. The zero-order valence-electron chi connectivity index (χ0n) is 16.9. The Bertz CT molecular complexity index is 795. The van der Waals surface area contributed by atoms with Crippen molar-refractivity contribution in [2.75, 3.05) is 20.2 Å². The number of nitrogens with zero attached hydrogens (tertiary/aromatic N) is 1. The molecule has 0 radical (unpaired) electrons. The number of hydrogen-bond acceptors (Lipinski definition) is 3. The van der Waals surface area contributed by atoms with Gasteiger partial charge in [-0.15, -0.1) is 0 Å². The average molecular weight is 383 g/mol. The lowest BCUT2D eigenvalue weighted by Crippen LogP contribution is -2.52. The molecular weight excluding hydrogens is 352 g/mol. The first-order valence-electron chi connectivity index (χ1n) is 10.7. The topological polar surface area (TPSA) is 58.6 Å². The van der Waals surface area contributed by atoms with Crippen LogP contribution >= 0.6 is 0 Å². The molecule has 3 saturated carbocycles. The van der Waals surface area contributed by atoms with Crippen molar-refractivity contribution < 1.29 is 14.3 Å². The summed E-state index contributed by atoms with van der Waals surface area (Å²) in [5.41, 5.74) is 3.70. The summed E-state index contributed by atoms with van der Waals surface area (Å²) in [4.78, 5) is 26.2. The molecule has 0 bridgehead atoms. The molecule has 1 heterocycles. The summed E-state index contributed by atoms with van der Waals surface area (Å²) in [5, 5.41) is 2.79. The fourth-order valence-electron chi connectivity index (χ4n) is 5.42. The number of hydrogen-bond donors (Lipinski definition) is 1. The number of fused-ring (bicyclic) bond motifs is 1. The van der Waals surface area contributed by atoms with E-state index in [2.05, 4.69) is 46.1 Å². The molecule has 1 aromatic rings. The van der Waals surface area contributed by atoms with Crippen LogP contribution in [0.2, 0.25) is 0 Å². The SMILES string of the molecule is COC(=O)NC1CC(C(=O)N2CCC3(c4ccc(C5(C)CC5)cc4)CC3C2)C1. The Labute approximate surface area is 166 Å². The Morgan fingerprint density at radius 2 is 1.79 bits per heavy atom. The van der Waals surface area contributed by atoms with Crippen LogP contribution in [0, 0.1) is 11.8 Å². The van der Waals surface area contributed by atoms with Crippen LogP contribution in [0.1, 0.15) is 56.6 Å². The van der Waals surface area contributed by atoms with Crippen LogP contribution in [0.4, 0.5) is 4.79 Å². The van der Waals surface area contributed by atoms with Crippen LogP contribution in [-0.4, -0.2) is 43.1 Å². The number of amides is 2. The lowest BCUT2D eigenvalue weighted by atomic mass is 9.78. The molecule has 5 rings (SSSR count). The molecule has 2 unspecified atom stereocenters. The highest BCUT2D eigenvalue weighted by molar-refractivity contribution is 5.80. The van der Waals surface area contributed by atoms with Crippen molar-refractivity contribution >= 4 is 12.0 Å². The van der Waals surface area contributed by atoms with Gasteiger partial charge in [0.2, 0.25) is 5.91 Å². The minimum Gasteiger partial charge on any atom is -0.453 e. The number of carbonyl (C=O) groups excluding carboxylic acids is 2. The molecule has 1 aliphatic heterocycles. The first-order chi connectivity index (χ1) is 13.4. The van der Waals surface area contributed by atoms with Crippen molar-refractivity contribution in [1.29, 1.82) is 0 Å². The largest absolute Gasteiger partial charge is 0.453 e. The smallest absolute Gasteiger partial charge is 0.407 e. The van der Waals surface area contributed by atoms with Crippen LogP contribution in [0.25, 0.3) is 0 Å². The van der Waals surface area contributed by atoms with Crippen LogP contribution < -0.4 is 5.32 Å². The molecule has 1 saturated heterocycles. The molecular formula is C23H30N2O3. The van der Waals surface area contributed by atoms with Crippen molar-refractivity contribution in [3.05, 3.63) is 35.4 Å². The van der Waals surface area contributed by atoms with Gasteiger partial charge in [0.05, 0.1) is 7.11 Å². The van der Waals surface area contributed by atoms with Gasteiger partial charge in [-0.2, -0.15) is 0 Å². The Morgan fingerprint density at radius 3 is 2.39 bits per heavy atom. The van der Waals surface area contributed by atoms with E-state index in [-0.39, 0.29) is 17.9 Å². The van der Waals surface area contributed by atoms with Gasteiger partial charge in [0, 0.05) is 30.5 Å². The minimum atomic E-state index is -0.404. The Balaban J connectivity index is 1.16. The predicted molar refractivity (Wildman–Crippen MR) is 106 cm³/mol. The van der Waals surface area contributed by atoms with Crippen molar-refractivity contribution in [2.45, 2.75) is 62.3 Å². The lowest BCUT2D eigenvalue weighted by Gasteiger charge is -2.40. The normalized spacial score (nSPS) is 34.6. The summed E-state index contributed by atoms with van der Waals surface area (Å²) in [6.45, 7) is 4.11. The van der Waals surface area contributed by atoms with E-state index in [0.717, 1.165) is 32.4 Å². The average Bonchev–Trinajstić information content (AvgIpc) is 3.59. The van der Waals surface area contributed by atoms with E-state index in [1.807, 2.05) is 0 Å². The molecule has 150 valence electrons. The van der Waals surface area contributed by atoms with E-state index < -0.39 is 6.09 Å². The molecule has 2 atom stereocenters. The second kappa shape index (κ2) is 6.23. The van der Waals surface area contributed by atoms with E-state index >= 15 is 0 Å². The van der Waals surface area contributed by atoms with E-state index in [0.29, 0.717) is 16.7 Å². The first kappa shape index (κ1) is 18.0. The molecule has 0 aromatic heterocycles. The van der Waals surface area contributed by atoms with E-state index in [1.165, 1.54) is 37.5 Å². The van der Waals surface area contributed by atoms with Crippen molar-refractivity contribution in [3.8, 4) is 0 Å². The first-order valence-corrected chi connectivity index (χ1v) is 10.7. The summed E-state index contributed by atoms with van der Waals surface area (Å²) in [6, 6.07) is 9.47. The van der Waals surface area contributed by atoms with Crippen LogP contribution in [0.3, 0.4) is 0 Å². The zero-order chi connectivity index (χ0) is 19.5. The summed E-state index contributed by atoms with van der Waals surface area (Å²) in [5.74, 6) is 0.948. The van der Waals surface area contributed by atoms with Gasteiger partial charge in [0.15, 0.2) is 0 Å². The summed E-state index contributed by atoms with van der Waals surface area (Å²) < 4.78 is 4.63. The van der Waals surface area contributed by atoms with Gasteiger partial charge >= 0.3 is 6.09 Å². The van der Waals surface area contributed by atoms with E-state index in [9.17, 15) is 9.59 Å². The maximum atomic E-state index is 12.8. The van der Waals surface area contributed by atoms with E-state index in [1.54, 1.807) is 0 Å². The number of piperidine rings is 1. The molecule has 1 N–H and O–H groups in total. The molecule has 2 amide bonds. The number of likely N-dealkylation sites (tertiary alicyclic amines) is 1. The second-order valence-electron chi connectivity index (χ2n) is 9.73. The van der Waals surface area contributed by atoms with Crippen LogP contribution in [0.15, 0.2) is 24.3 Å². The van der Waals surface area contributed by atoms with Gasteiger partial charge in [-0.05, 0) is 61.0 Å². The van der Waals surface area contributed by atoms with Crippen molar-refractivity contribution in [2.24, 2.45) is 11.8 Å². The van der Waals surface area contributed by atoms with Gasteiger partial charge in [-0.3, -0.25) is 4.79 Å². The van der Waals surface area contributed by atoms with Crippen LogP contribution in [0.5, 0.6) is 0 Å². The number of rotatable bonds is 4. The number of alkyl carbamates (subject to hydrolysis) is 1. The Hall–Kier alpha value is -2.04. The molecule has 3 aliphatic carbocycles. The van der Waals surface area contributed by atoms with Gasteiger partial charge in [-0.1, -0.05) is 31.2 Å². The molecule has 0 spiro atoms. The Morgan fingerprint density at radius 1 is 1.11 bits per heavy atom. The molecule has 28 heavy (non-hydrogen) atoms. The highest BCUT2D eigenvalue weighted by Gasteiger charge is 2.58. The van der Waals surface area contributed by atoms with Crippen LogP contribution in [-0.2, 0) is 20.4 Å². The van der Waals surface area contributed by atoms with Crippen molar-refractivity contribution in [3.63, 3.8) is 0 Å². The van der Waals surface area contributed by atoms with Gasteiger partial charge in [0.1, 0.15) is 0 Å². The molecule has 1 aromatic carbocycles. The third kappa shape index (κ3) is 2.90. The number of benzene rings is 1. The standard InChI is InChI=1S/C23H30N2O3/c1-22(7-8-22)16-3-5-17(6-4-16)23-9-10-25(14-18(23)13-23)20(26)15-11-19(12-15)24-21(27)28-2/h3-6,15,18-19H,7-14H2,1-2H3,(H,24,27). The number of nitrogens with one attached hydrogen (secondary N) is 1. The second-order valence-corrected chi connectivity index (χ2v) is 9.73. The molecule has 5 heteroatoms. The minimum absolute atomic E-state index is 0.0620. The third-order valence-electron chi connectivity index (χ3n) is 7.96. The predicted octanol–water partition coefficient (Wildman–Crippen LogP) is 3.36. The fraction of sp³-hybridized carbons (Fsp3) is 0.652. The molecule has 5 nitrogen and oxygen atoms in total. The highest BCUT2D eigenvalue weighted by atomic mass is 16.5. The van der Waals surface area contributed by atoms with Gasteiger partial charge < -0.3 is 15.0 Å². The highest BCUT2D eigenvalue weighted by Crippen LogP contribution is 2.59. The fourth-order valence-corrected chi connectivity index (χ4v) is 5.42. The maximum Gasteiger partial charge on any atom is 0.407 e. The van der Waals surface area contributed by atoms with Gasteiger partial charge in [0.25, 0.3) is 0 Å². The quantitative estimate of drug-likeness (QED) is 0.869. The summed E-state index contributed by atoms with van der Waals surface area (Å²) >= 11 is 0. The van der Waals surface area contributed by atoms with Crippen molar-refractivity contribution in [1.82, 2.24) is 10.2 Å². The molecule has 4 aliphatic rings. The lowest BCUT2D eigenvalue weighted by molar-refractivity contribution is -0.140. The summed E-state index contributed by atoms with van der Waals surface area (Å²) in [6.07, 6.45) is 5.99. The maximum absolute atomic E-state index is 12.8.